The Kier molecular flexibility index (Phi) is 1.93. The highest BCUT2D eigenvalue weighted by Gasteiger charge is 2.42. The van der Waals surface area contributed by atoms with Gasteiger partial charge in [0.1, 0.15) is 0 Å². The lowest BCUT2D eigenvalue weighted by molar-refractivity contribution is 0.305. The van der Waals surface area contributed by atoms with Crippen LogP contribution in [-0.2, 0) is 6.42 Å². The van der Waals surface area contributed by atoms with Crippen molar-refractivity contribution in [3.05, 3.63) is 35.4 Å². The van der Waals surface area contributed by atoms with Crippen LogP contribution in [0.1, 0.15) is 24.0 Å². The van der Waals surface area contributed by atoms with E-state index in [1.54, 1.807) is 0 Å². The first-order chi connectivity index (χ1) is 7.32. The summed E-state index contributed by atoms with van der Waals surface area (Å²) in [6.45, 7) is 2.13. The lowest BCUT2D eigenvalue weighted by Gasteiger charge is -2.33. The van der Waals surface area contributed by atoms with E-state index in [4.69, 9.17) is 5.41 Å². The predicted molar refractivity (Wildman–Crippen MR) is 61.5 cm³/mol. The zero-order valence-electron chi connectivity index (χ0n) is 8.84. The lowest BCUT2D eigenvalue weighted by Crippen LogP contribution is -2.40. The number of hydrogen-bond donors (Lipinski definition) is 2. The smallest absolute Gasteiger partial charge is 0.0454 e. The van der Waals surface area contributed by atoms with Crippen molar-refractivity contribution in [3.8, 4) is 0 Å². The first-order valence-corrected chi connectivity index (χ1v) is 5.70. The maximum atomic E-state index is 8.35. The Morgan fingerprint density at radius 1 is 1.13 bits per heavy atom. The van der Waals surface area contributed by atoms with Crippen molar-refractivity contribution >= 4 is 5.71 Å². The molecule has 1 heterocycles. The van der Waals surface area contributed by atoms with Crippen LogP contribution in [0.5, 0.6) is 0 Å². The molecule has 2 aliphatic rings. The first-order valence-electron chi connectivity index (χ1n) is 5.70. The summed E-state index contributed by atoms with van der Waals surface area (Å²) in [6, 6.07) is 8.43. The van der Waals surface area contributed by atoms with Crippen LogP contribution in [0.2, 0.25) is 0 Å². The van der Waals surface area contributed by atoms with Gasteiger partial charge in [0.25, 0.3) is 0 Å². The van der Waals surface area contributed by atoms with Crippen molar-refractivity contribution in [1.82, 2.24) is 5.32 Å². The molecule has 1 aromatic carbocycles. The average molecular weight is 200 g/mol. The lowest BCUT2D eigenvalue weighted by atomic mass is 9.75. The molecular formula is C13H16N2. The summed E-state index contributed by atoms with van der Waals surface area (Å²) in [5.41, 5.74) is 3.62. The standard InChI is InChI=1S/C13H16N2/c14-12-11-4-2-1-3-10(11)9-13(12)5-7-15-8-6-13/h1-4,14-15H,5-9H2. The molecule has 0 aromatic heterocycles. The largest absolute Gasteiger partial charge is 0.317 e. The summed E-state index contributed by atoms with van der Waals surface area (Å²) in [6.07, 6.45) is 3.34. The third-order valence-electron chi connectivity index (χ3n) is 3.91. The molecule has 0 atom stereocenters. The van der Waals surface area contributed by atoms with Crippen LogP contribution >= 0.6 is 0 Å². The summed E-state index contributed by atoms with van der Waals surface area (Å²) >= 11 is 0. The van der Waals surface area contributed by atoms with Gasteiger partial charge in [-0.05, 0) is 43.5 Å². The molecule has 78 valence electrons. The van der Waals surface area contributed by atoms with E-state index in [0.29, 0.717) is 0 Å². The van der Waals surface area contributed by atoms with Gasteiger partial charge < -0.3 is 10.7 Å². The van der Waals surface area contributed by atoms with Gasteiger partial charge in [-0.25, -0.2) is 0 Å². The zero-order chi connectivity index (χ0) is 10.3. The van der Waals surface area contributed by atoms with E-state index >= 15 is 0 Å². The maximum Gasteiger partial charge on any atom is 0.0454 e. The molecule has 1 spiro atoms. The Balaban J connectivity index is 2.01. The van der Waals surface area contributed by atoms with Crippen LogP contribution in [0.15, 0.2) is 24.3 Å². The Morgan fingerprint density at radius 2 is 1.87 bits per heavy atom. The third-order valence-corrected chi connectivity index (χ3v) is 3.91. The Hall–Kier alpha value is -1.15. The van der Waals surface area contributed by atoms with Crippen LogP contribution in [0.4, 0.5) is 0 Å². The first kappa shape index (κ1) is 9.10. The number of hydrogen-bond acceptors (Lipinski definition) is 2. The molecule has 0 unspecified atom stereocenters. The van der Waals surface area contributed by atoms with Gasteiger partial charge >= 0.3 is 0 Å². The zero-order valence-corrected chi connectivity index (χ0v) is 8.84. The summed E-state index contributed by atoms with van der Waals surface area (Å²) in [4.78, 5) is 0. The van der Waals surface area contributed by atoms with E-state index in [1.807, 2.05) is 6.07 Å². The van der Waals surface area contributed by atoms with Crippen molar-refractivity contribution in [2.75, 3.05) is 13.1 Å². The minimum atomic E-state index is 0.162. The molecule has 0 amide bonds. The predicted octanol–water partition coefficient (Wildman–Crippen LogP) is 1.98. The number of nitrogens with one attached hydrogen (secondary N) is 2. The van der Waals surface area contributed by atoms with E-state index in [9.17, 15) is 0 Å². The molecule has 0 bridgehead atoms. The molecular weight excluding hydrogens is 184 g/mol. The molecule has 2 N–H and O–H groups in total. The van der Waals surface area contributed by atoms with Crippen molar-refractivity contribution < 1.29 is 0 Å². The van der Waals surface area contributed by atoms with Crippen LogP contribution in [-0.4, -0.2) is 18.8 Å². The molecule has 1 aromatic rings. The second-order valence-electron chi connectivity index (χ2n) is 4.74. The SMILES string of the molecule is N=C1c2ccccc2CC12CCNCC2. The summed E-state index contributed by atoms with van der Waals surface area (Å²) in [5, 5.41) is 11.7. The second kappa shape index (κ2) is 3.17. The van der Waals surface area contributed by atoms with E-state index in [0.717, 1.165) is 38.1 Å². The monoisotopic (exact) mass is 200 g/mol. The van der Waals surface area contributed by atoms with Crippen molar-refractivity contribution in [2.24, 2.45) is 5.41 Å². The van der Waals surface area contributed by atoms with Gasteiger partial charge in [0.05, 0.1) is 0 Å². The molecule has 15 heavy (non-hydrogen) atoms. The van der Waals surface area contributed by atoms with E-state index < -0.39 is 0 Å². The van der Waals surface area contributed by atoms with Gasteiger partial charge in [-0.2, -0.15) is 0 Å². The topological polar surface area (TPSA) is 35.9 Å². The fourth-order valence-corrected chi connectivity index (χ4v) is 2.99. The van der Waals surface area contributed by atoms with Gasteiger partial charge in [-0.3, -0.25) is 0 Å². The quantitative estimate of drug-likeness (QED) is 0.660. The molecule has 1 saturated heterocycles. The summed E-state index contributed by atoms with van der Waals surface area (Å²) in [5.74, 6) is 0. The molecule has 1 fully saturated rings. The minimum absolute atomic E-state index is 0.162. The minimum Gasteiger partial charge on any atom is -0.317 e. The van der Waals surface area contributed by atoms with E-state index in [-0.39, 0.29) is 5.41 Å². The fraction of sp³-hybridized carbons (Fsp3) is 0.462. The molecule has 2 heteroatoms. The van der Waals surface area contributed by atoms with Gasteiger partial charge in [0.2, 0.25) is 0 Å². The van der Waals surface area contributed by atoms with Gasteiger partial charge in [-0.15, -0.1) is 0 Å². The van der Waals surface area contributed by atoms with Crippen LogP contribution in [0.3, 0.4) is 0 Å². The van der Waals surface area contributed by atoms with Crippen LogP contribution < -0.4 is 5.32 Å². The number of fused-ring (bicyclic) bond motifs is 1. The van der Waals surface area contributed by atoms with Gasteiger partial charge in [0.15, 0.2) is 0 Å². The number of rotatable bonds is 0. The van der Waals surface area contributed by atoms with E-state index in [1.165, 1.54) is 11.1 Å². The van der Waals surface area contributed by atoms with Crippen LogP contribution in [0.25, 0.3) is 0 Å². The van der Waals surface area contributed by atoms with Gasteiger partial charge in [0, 0.05) is 11.1 Å². The fourth-order valence-electron chi connectivity index (χ4n) is 2.99. The number of benzene rings is 1. The third kappa shape index (κ3) is 1.25. The average Bonchev–Trinajstić information content (AvgIpc) is 2.54. The van der Waals surface area contributed by atoms with E-state index in [2.05, 4.69) is 23.5 Å². The highest BCUT2D eigenvalue weighted by Crippen LogP contribution is 2.42. The molecule has 3 rings (SSSR count). The molecule has 0 saturated carbocycles. The molecule has 0 radical (unpaired) electrons. The van der Waals surface area contributed by atoms with Crippen molar-refractivity contribution in [1.29, 1.82) is 5.41 Å². The Labute approximate surface area is 90.2 Å². The highest BCUT2D eigenvalue weighted by molar-refractivity contribution is 6.06. The molecule has 1 aliphatic carbocycles. The summed E-state index contributed by atoms with van der Waals surface area (Å²) in [7, 11) is 0. The Bertz CT molecular complexity index is 403. The number of piperidine rings is 1. The Morgan fingerprint density at radius 3 is 2.60 bits per heavy atom. The van der Waals surface area contributed by atoms with Gasteiger partial charge in [-0.1, -0.05) is 24.3 Å². The molecule has 1 aliphatic heterocycles. The maximum absolute atomic E-state index is 8.35. The second-order valence-corrected chi connectivity index (χ2v) is 4.74. The van der Waals surface area contributed by atoms with Crippen molar-refractivity contribution in [2.45, 2.75) is 19.3 Å². The van der Waals surface area contributed by atoms with Crippen LogP contribution in [0, 0.1) is 10.8 Å². The molecule has 2 nitrogen and oxygen atoms in total. The highest BCUT2D eigenvalue weighted by atomic mass is 14.9. The normalized spacial score (nSPS) is 23.1. The summed E-state index contributed by atoms with van der Waals surface area (Å²) < 4.78 is 0. The van der Waals surface area contributed by atoms with Crippen molar-refractivity contribution in [3.63, 3.8) is 0 Å².